The number of aryl methyl sites for hydroxylation is 1. The second kappa shape index (κ2) is 7.61. The quantitative estimate of drug-likeness (QED) is 0.897. The molecule has 0 saturated carbocycles. The summed E-state index contributed by atoms with van der Waals surface area (Å²) in [6, 6.07) is 8.26. The minimum absolute atomic E-state index is 0.834. The van der Waals surface area contributed by atoms with Gasteiger partial charge in [0.05, 0.1) is 16.2 Å². The Hall–Kier alpha value is -1.16. The van der Waals surface area contributed by atoms with Crippen LogP contribution < -0.4 is 5.32 Å². The van der Waals surface area contributed by atoms with Crippen molar-refractivity contribution in [1.82, 2.24) is 15.2 Å². The Bertz CT molecular complexity index is 663. The molecule has 1 aliphatic rings. The lowest BCUT2D eigenvalue weighted by atomic mass is 9.93. The first kappa shape index (κ1) is 16.7. The van der Waals surface area contributed by atoms with Crippen molar-refractivity contribution in [2.45, 2.75) is 32.7 Å². The Kier molecular flexibility index (Phi) is 5.52. The van der Waals surface area contributed by atoms with Gasteiger partial charge in [-0.1, -0.05) is 29.8 Å². The van der Waals surface area contributed by atoms with E-state index in [1.165, 1.54) is 19.3 Å². The molecule has 0 spiro atoms. The molecule has 0 radical (unpaired) electrons. The molecular weight excluding hydrogens is 306 g/mol. The molecule has 2 aromatic rings. The van der Waals surface area contributed by atoms with Crippen LogP contribution in [0.5, 0.6) is 0 Å². The highest BCUT2D eigenvalue weighted by atomic mass is 35.5. The Labute approximate surface area is 144 Å². The number of fused-ring (bicyclic) bond motifs is 1. The minimum Gasteiger partial charge on any atom is -0.320 e. The van der Waals surface area contributed by atoms with Gasteiger partial charge in [-0.25, -0.2) is 4.98 Å². The molecule has 23 heavy (non-hydrogen) atoms. The molecule has 1 aromatic carbocycles. The number of rotatable bonds is 5. The van der Waals surface area contributed by atoms with Gasteiger partial charge in [0, 0.05) is 11.9 Å². The summed E-state index contributed by atoms with van der Waals surface area (Å²) in [4.78, 5) is 7.31. The van der Waals surface area contributed by atoms with Gasteiger partial charge in [0.2, 0.25) is 0 Å². The molecule has 1 aliphatic heterocycles. The SMILES string of the molecule is CNCCC1CCN(Cc2nc3ccccc3c(C)c2Cl)CC1. The van der Waals surface area contributed by atoms with Gasteiger partial charge in [0.25, 0.3) is 0 Å². The first-order valence-electron chi connectivity index (χ1n) is 8.59. The zero-order valence-corrected chi connectivity index (χ0v) is 14.9. The summed E-state index contributed by atoms with van der Waals surface area (Å²) < 4.78 is 0. The summed E-state index contributed by atoms with van der Waals surface area (Å²) in [5.74, 6) is 0.862. The molecule has 3 nitrogen and oxygen atoms in total. The Morgan fingerprint density at radius 3 is 2.74 bits per heavy atom. The van der Waals surface area contributed by atoms with Crippen LogP contribution >= 0.6 is 11.6 Å². The highest BCUT2D eigenvalue weighted by molar-refractivity contribution is 6.32. The number of likely N-dealkylation sites (tertiary alicyclic amines) is 1. The smallest absolute Gasteiger partial charge is 0.0740 e. The van der Waals surface area contributed by atoms with Crippen molar-refractivity contribution in [2.75, 3.05) is 26.7 Å². The molecule has 0 bridgehead atoms. The third kappa shape index (κ3) is 3.85. The van der Waals surface area contributed by atoms with E-state index in [1.54, 1.807) is 0 Å². The largest absolute Gasteiger partial charge is 0.320 e. The van der Waals surface area contributed by atoms with Crippen LogP contribution in [0, 0.1) is 12.8 Å². The molecule has 1 fully saturated rings. The van der Waals surface area contributed by atoms with Gasteiger partial charge in [-0.3, -0.25) is 4.90 Å². The molecule has 0 aliphatic carbocycles. The zero-order chi connectivity index (χ0) is 16.2. The number of para-hydroxylation sites is 1. The normalized spacial score (nSPS) is 17.0. The summed E-state index contributed by atoms with van der Waals surface area (Å²) in [5.41, 5.74) is 3.22. The van der Waals surface area contributed by atoms with E-state index in [1.807, 2.05) is 19.2 Å². The minimum atomic E-state index is 0.834. The molecule has 1 aromatic heterocycles. The lowest BCUT2D eigenvalue weighted by molar-refractivity contribution is 0.171. The molecule has 124 valence electrons. The standard InChI is InChI=1S/C19H26ClN3/c1-14-16-5-3-4-6-17(16)22-18(19(14)20)13-23-11-8-15(9-12-23)7-10-21-2/h3-6,15,21H,7-13H2,1-2H3. The van der Waals surface area contributed by atoms with Crippen molar-refractivity contribution < 1.29 is 0 Å². The number of nitrogens with zero attached hydrogens (tertiary/aromatic N) is 2. The molecule has 3 rings (SSSR count). The fraction of sp³-hybridized carbons (Fsp3) is 0.526. The maximum atomic E-state index is 6.59. The number of aromatic nitrogens is 1. The lowest BCUT2D eigenvalue weighted by Crippen LogP contribution is -2.34. The summed E-state index contributed by atoms with van der Waals surface area (Å²) in [5, 5.41) is 5.25. The van der Waals surface area contributed by atoms with E-state index in [0.717, 1.165) is 59.3 Å². The summed E-state index contributed by atoms with van der Waals surface area (Å²) in [6.07, 6.45) is 3.86. The summed E-state index contributed by atoms with van der Waals surface area (Å²) in [7, 11) is 2.03. The molecule has 0 atom stereocenters. The maximum Gasteiger partial charge on any atom is 0.0740 e. The van der Waals surface area contributed by atoms with Crippen molar-refractivity contribution in [3.63, 3.8) is 0 Å². The highest BCUT2D eigenvalue weighted by Gasteiger charge is 2.20. The molecule has 1 saturated heterocycles. The van der Waals surface area contributed by atoms with Crippen LogP contribution in [0.2, 0.25) is 5.02 Å². The van der Waals surface area contributed by atoms with Gasteiger partial charge in [0.1, 0.15) is 0 Å². The molecule has 4 heteroatoms. The van der Waals surface area contributed by atoms with Gasteiger partial charge < -0.3 is 5.32 Å². The van der Waals surface area contributed by atoms with Crippen LogP contribution in [-0.4, -0.2) is 36.6 Å². The van der Waals surface area contributed by atoms with Crippen molar-refractivity contribution in [1.29, 1.82) is 0 Å². The van der Waals surface area contributed by atoms with Crippen molar-refractivity contribution >= 4 is 22.5 Å². The summed E-state index contributed by atoms with van der Waals surface area (Å²) >= 11 is 6.59. The van der Waals surface area contributed by atoms with Crippen LogP contribution in [0.4, 0.5) is 0 Å². The number of hydrogen-bond acceptors (Lipinski definition) is 3. The average molecular weight is 332 g/mol. The molecule has 0 unspecified atom stereocenters. The van der Waals surface area contributed by atoms with Crippen LogP contribution in [0.25, 0.3) is 10.9 Å². The van der Waals surface area contributed by atoms with Crippen LogP contribution in [-0.2, 0) is 6.54 Å². The third-order valence-corrected chi connectivity index (χ3v) is 5.53. The first-order valence-corrected chi connectivity index (χ1v) is 8.97. The number of piperidine rings is 1. The van der Waals surface area contributed by atoms with Crippen molar-refractivity contribution in [3.8, 4) is 0 Å². The van der Waals surface area contributed by atoms with E-state index in [9.17, 15) is 0 Å². The van der Waals surface area contributed by atoms with E-state index in [2.05, 4.69) is 29.3 Å². The van der Waals surface area contributed by atoms with Gasteiger partial charge in [-0.05, 0) is 70.4 Å². The molecule has 1 N–H and O–H groups in total. The van der Waals surface area contributed by atoms with Crippen molar-refractivity contribution in [2.24, 2.45) is 5.92 Å². The fourth-order valence-electron chi connectivity index (χ4n) is 3.52. The first-order chi connectivity index (χ1) is 11.2. The average Bonchev–Trinajstić information content (AvgIpc) is 2.59. The number of halogens is 1. The zero-order valence-electron chi connectivity index (χ0n) is 14.1. The highest BCUT2D eigenvalue weighted by Crippen LogP contribution is 2.29. The van der Waals surface area contributed by atoms with Crippen molar-refractivity contribution in [3.05, 3.63) is 40.5 Å². The van der Waals surface area contributed by atoms with E-state index < -0.39 is 0 Å². The molecular formula is C19H26ClN3. The number of nitrogens with one attached hydrogen (secondary N) is 1. The van der Waals surface area contributed by atoms with Crippen LogP contribution in [0.3, 0.4) is 0 Å². The Balaban J connectivity index is 1.69. The Morgan fingerprint density at radius 1 is 1.26 bits per heavy atom. The summed E-state index contributed by atoms with van der Waals surface area (Å²) in [6.45, 7) is 6.39. The van der Waals surface area contributed by atoms with E-state index >= 15 is 0 Å². The number of hydrogen-bond donors (Lipinski definition) is 1. The maximum absolute atomic E-state index is 6.59. The number of pyridine rings is 1. The van der Waals surface area contributed by atoms with Gasteiger partial charge in [-0.15, -0.1) is 0 Å². The topological polar surface area (TPSA) is 28.2 Å². The predicted octanol–water partition coefficient (Wildman–Crippen LogP) is 4.02. The van der Waals surface area contributed by atoms with Gasteiger partial charge in [-0.2, -0.15) is 0 Å². The Morgan fingerprint density at radius 2 is 2.00 bits per heavy atom. The third-order valence-electron chi connectivity index (χ3n) is 5.03. The lowest BCUT2D eigenvalue weighted by Gasteiger charge is -2.32. The van der Waals surface area contributed by atoms with E-state index in [4.69, 9.17) is 16.6 Å². The van der Waals surface area contributed by atoms with E-state index in [0.29, 0.717) is 0 Å². The predicted molar refractivity (Wildman–Crippen MR) is 98.0 cm³/mol. The van der Waals surface area contributed by atoms with E-state index in [-0.39, 0.29) is 0 Å². The monoisotopic (exact) mass is 331 g/mol. The van der Waals surface area contributed by atoms with Crippen LogP contribution in [0.15, 0.2) is 24.3 Å². The fourth-order valence-corrected chi connectivity index (χ4v) is 3.72. The van der Waals surface area contributed by atoms with Gasteiger partial charge >= 0.3 is 0 Å². The van der Waals surface area contributed by atoms with Gasteiger partial charge in [0.15, 0.2) is 0 Å². The number of benzene rings is 1. The molecule has 0 amide bonds. The second-order valence-electron chi connectivity index (χ2n) is 6.63. The van der Waals surface area contributed by atoms with Crippen LogP contribution in [0.1, 0.15) is 30.5 Å². The molecule has 2 heterocycles. The second-order valence-corrected chi connectivity index (χ2v) is 7.00.